The van der Waals surface area contributed by atoms with Gasteiger partial charge in [0.15, 0.2) is 0 Å². The van der Waals surface area contributed by atoms with Crippen molar-refractivity contribution in [3.63, 3.8) is 0 Å². The first-order valence-electron chi connectivity index (χ1n) is 5.79. The van der Waals surface area contributed by atoms with Gasteiger partial charge in [0, 0.05) is 5.69 Å². The largest absolute Gasteiger partial charge is 0.449 e. The first-order valence-corrected chi connectivity index (χ1v) is 7.28. The van der Waals surface area contributed by atoms with E-state index in [9.17, 15) is 18.0 Å². The molecule has 0 spiro atoms. The SMILES string of the molecule is CCOC(=O)NNS(=O)(=O)c1ccc2c(c1)CC(=O)N2. The highest BCUT2D eigenvalue weighted by molar-refractivity contribution is 7.89. The molecule has 0 saturated heterocycles. The molecule has 0 radical (unpaired) electrons. The Morgan fingerprint density at radius 3 is 2.90 bits per heavy atom. The van der Waals surface area contributed by atoms with Crippen molar-refractivity contribution in [3.8, 4) is 0 Å². The van der Waals surface area contributed by atoms with Crippen molar-refractivity contribution in [3.05, 3.63) is 23.8 Å². The van der Waals surface area contributed by atoms with Crippen molar-refractivity contribution >= 4 is 27.7 Å². The maximum absolute atomic E-state index is 11.9. The fourth-order valence-corrected chi connectivity index (χ4v) is 2.59. The Bertz CT molecular complexity index is 656. The summed E-state index contributed by atoms with van der Waals surface area (Å²) in [5.74, 6) is -0.188. The standard InChI is InChI=1S/C11H13N3O5S/c1-2-19-11(16)13-14-20(17,18)8-3-4-9-7(5-8)6-10(15)12-9/h3-5,14H,2,6H2,1H3,(H,12,15)(H,13,16). The fourth-order valence-electron chi connectivity index (χ4n) is 1.71. The van der Waals surface area contributed by atoms with Gasteiger partial charge in [0.25, 0.3) is 10.0 Å². The fraction of sp³-hybridized carbons (Fsp3) is 0.273. The van der Waals surface area contributed by atoms with Crippen LogP contribution < -0.4 is 15.6 Å². The Labute approximate surface area is 115 Å². The molecule has 20 heavy (non-hydrogen) atoms. The molecule has 0 saturated carbocycles. The smallest absolute Gasteiger partial charge is 0.422 e. The van der Waals surface area contributed by atoms with E-state index in [4.69, 9.17) is 0 Å². The van der Waals surface area contributed by atoms with Crippen molar-refractivity contribution in [2.45, 2.75) is 18.2 Å². The minimum atomic E-state index is -3.91. The summed E-state index contributed by atoms with van der Waals surface area (Å²) in [6, 6.07) is 4.21. The van der Waals surface area contributed by atoms with Gasteiger partial charge in [-0.1, -0.05) is 0 Å². The zero-order chi connectivity index (χ0) is 14.8. The predicted molar refractivity (Wildman–Crippen MR) is 69.3 cm³/mol. The number of ether oxygens (including phenoxy) is 1. The molecule has 1 aliphatic heterocycles. The number of hydrazine groups is 1. The molecule has 1 aromatic carbocycles. The highest BCUT2D eigenvalue weighted by Crippen LogP contribution is 2.25. The van der Waals surface area contributed by atoms with Gasteiger partial charge in [-0.25, -0.2) is 18.6 Å². The van der Waals surface area contributed by atoms with Crippen LogP contribution in [0.25, 0.3) is 0 Å². The lowest BCUT2D eigenvalue weighted by Gasteiger charge is -2.09. The summed E-state index contributed by atoms with van der Waals surface area (Å²) in [5.41, 5.74) is 3.10. The quantitative estimate of drug-likeness (QED) is 0.683. The first-order chi connectivity index (χ1) is 9.42. The van der Waals surface area contributed by atoms with E-state index in [1.54, 1.807) is 6.92 Å². The van der Waals surface area contributed by atoms with Gasteiger partial charge in [0.05, 0.1) is 17.9 Å². The molecular weight excluding hydrogens is 286 g/mol. The second kappa shape index (κ2) is 5.47. The number of carbonyl (C=O) groups excluding carboxylic acids is 2. The summed E-state index contributed by atoms with van der Waals surface area (Å²) in [6.07, 6.45) is -0.765. The second-order valence-electron chi connectivity index (χ2n) is 3.99. The van der Waals surface area contributed by atoms with Crippen LogP contribution in [0.1, 0.15) is 12.5 Å². The van der Waals surface area contributed by atoms with E-state index in [0.717, 1.165) is 0 Å². The molecule has 1 aromatic rings. The van der Waals surface area contributed by atoms with Crippen LogP contribution in [-0.2, 0) is 26.0 Å². The van der Waals surface area contributed by atoms with Crippen LogP contribution in [0.15, 0.2) is 23.1 Å². The minimum Gasteiger partial charge on any atom is -0.449 e. The van der Waals surface area contributed by atoms with E-state index in [0.29, 0.717) is 11.3 Å². The van der Waals surface area contributed by atoms with E-state index in [1.165, 1.54) is 18.2 Å². The molecule has 0 bridgehead atoms. The molecule has 3 N–H and O–H groups in total. The molecule has 1 heterocycles. The Morgan fingerprint density at radius 2 is 2.20 bits per heavy atom. The normalized spacial score (nSPS) is 13.6. The zero-order valence-corrected chi connectivity index (χ0v) is 11.4. The molecule has 0 unspecified atom stereocenters. The number of hydrogen-bond donors (Lipinski definition) is 3. The molecule has 0 atom stereocenters. The lowest BCUT2D eigenvalue weighted by Crippen LogP contribution is -2.41. The molecule has 8 nitrogen and oxygen atoms in total. The highest BCUT2D eigenvalue weighted by Gasteiger charge is 2.22. The summed E-state index contributed by atoms with van der Waals surface area (Å²) in [5, 5.41) is 2.60. The number of anilines is 1. The van der Waals surface area contributed by atoms with Crippen LogP contribution in [0.5, 0.6) is 0 Å². The monoisotopic (exact) mass is 299 g/mol. The lowest BCUT2D eigenvalue weighted by molar-refractivity contribution is -0.115. The number of amides is 2. The Hall–Kier alpha value is -2.13. The van der Waals surface area contributed by atoms with Gasteiger partial charge in [0.1, 0.15) is 0 Å². The Morgan fingerprint density at radius 1 is 1.45 bits per heavy atom. The molecule has 2 amide bonds. The molecule has 0 aliphatic carbocycles. The van der Waals surface area contributed by atoms with Crippen LogP contribution in [0.2, 0.25) is 0 Å². The maximum Gasteiger partial charge on any atom is 0.422 e. The number of hydrogen-bond acceptors (Lipinski definition) is 5. The number of sulfonamides is 1. The molecule has 1 aliphatic rings. The van der Waals surface area contributed by atoms with E-state index >= 15 is 0 Å². The van der Waals surface area contributed by atoms with Gasteiger partial charge in [-0.05, 0) is 30.7 Å². The lowest BCUT2D eigenvalue weighted by atomic mass is 10.2. The third-order valence-corrected chi connectivity index (χ3v) is 3.82. The average Bonchev–Trinajstić information content (AvgIpc) is 2.76. The second-order valence-corrected chi connectivity index (χ2v) is 5.68. The van der Waals surface area contributed by atoms with Crippen molar-refractivity contribution in [2.75, 3.05) is 11.9 Å². The van der Waals surface area contributed by atoms with Crippen molar-refractivity contribution in [1.29, 1.82) is 0 Å². The van der Waals surface area contributed by atoms with Crippen LogP contribution in [0.4, 0.5) is 10.5 Å². The molecule has 2 rings (SSSR count). The highest BCUT2D eigenvalue weighted by atomic mass is 32.2. The Kier molecular flexibility index (Phi) is 3.91. The molecule has 0 fully saturated rings. The van der Waals surface area contributed by atoms with Crippen molar-refractivity contribution < 1.29 is 22.7 Å². The Balaban J connectivity index is 2.13. The number of benzene rings is 1. The number of rotatable bonds is 4. The number of carbonyl (C=O) groups is 2. The topological polar surface area (TPSA) is 114 Å². The predicted octanol–water partition coefficient (Wildman–Crippen LogP) is 0.121. The van der Waals surface area contributed by atoms with Gasteiger partial charge in [-0.2, -0.15) is 0 Å². The first kappa shape index (κ1) is 14.3. The van der Waals surface area contributed by atoms with Crippen molar-refractivity contribution in [1.82, 2.24) is 10.3 Å². The van der Waals surface area contributed by atoms with Gasteiger partial charge < -0.3 is 10.1 Å². The molecular formula is C11H13N3O5S. The van der Waals surface area contributed by atoms with E-state index in [1.807, 2.05) is 10.3 Å². The maximum atomic E-state index is 11.9. The van der Waals surface area contributed by atoms with Gasteiger partial charge in [-0.15, -0.1) is 4.83 Å². The van der Waals surface area contributed by atoms with E-state index < -0.39 is 16.1 Å². The molecule has 108 valence electrons. The van der Waals surface area contributed by atoms with Gasteiger partial charge in [0.2, 0.25) is 5.91 Å². The summed E-state index contributed by atoms with van der Waals surface area (Å²) in [7, 11) is -3.91. The molecule has 0 aromatic heterocycles. The van der Waals surface area contributed by atoms with E-state index in [-0.39, 0.29) is 23.8 Å². The van der Waals surface area contributed by atoms with Crippen molar-refractivity contribution in [2.24, 2.45) is 0 Å². The average molecular weight is 299 g/mol. The summed E-state index contributed by atoms with van der Waals surface area (Å²) >= 11 is 0. The summed E-state index contributed by atoms with van der Waals surface area (Å²) in [4.78, 5) is 24.1. The third-order valence-electron chi connectivity index (χ3n) is 2.57. The van der Waals surface area contributed by atoms with Gasteiger partial charge >= 0.3 is 6.09 Å². The minimum absolute atomic E-state index is 0.0513. The molecule has 9 heteroatoms. The third kappa shape index (κ3) is 3.06. The van der Waals surface area contributed by atoms with Crippen LogP contribution >= 0.6 is 0 Å². The van der Waals surface area contributed by atoms with E-state index in [2.05, 4.69) is 10.1 Å². The van der Waals surface area contributed by atoms with Crippen LogP contribution in [-0.4, -0.2) is 27.0 Å². The summed E-state index contributed by atoms with van der Waals surface area (Å²) < 4.78 is 28.4. The summed E-state index contributed by atoms with van der Waals surface area (Å²) in [6.45, 7) is 1.72. The van der Waals surface area contributed by atoms with Crippen LogP contribution in [0.3, 0.4) is 0 Å². The zero-order valence-electron chi connectivity index (χ0n) is 10.6. The van der Waals surface area contributed by atoms with Crippen LogP contribution in [0, 0.1) is 0 Å². The van der Waals surface area contributed by atoms with Gasteiger partial charge in [-0.3, -0.25) is 4.79 Å². The number of fused-ring (bicyclic) bond motifs is 1. The number of nitrogens with one attached hydrogen (secondary N) is 3.